The standard InChI is InChI=1S/C17H16FNO3/c1-8-2-4-10(7-12(8)18)19-16(21)14-9-3-5-11(13(20)6-9)15(14)17(19)22/h2,4,7,9,11,14-15H,3,5-6H2,1H3/t9?,11?,14-,15+/m0/s1. The molecule has 0 aromatic heterocycles. The maximum atomic E-state index is 13.8. The summed E-state index contributed by atoms with van der Waals surface area (Å²) >= 11 is 0. The molecule has 1 heterocycles. The Morgan fingerprint density at radius 1 is 1.09 bits per heavy atom. The minimum Gasteiger partial charge on any atom is -0.299 e. The van der Waals surface area contributed by atoms with Gasteiger partial charge in [0.1, 0.15) is 11.6 Å². The third kappa shape index (κ3) is 1.65. The van der Waals surface area contributed by atoms with Crippen molar-refractivity contribution >= 4 is 23.3 Å². The van der Waals surface area contributed by atoms with Crippen LogP contribution in [0.5, 0.6) is 0 Å². The molecule has 5 rings (SSSR count). The molecule has 22 heavy (non-hydrogen) atoms. The van der Waals surface area contributed by atoms with E-state index in [0.717, 1.165) is 11.3 Å². The molecule has 2 amide bonds. The summed E-state index contributed by atoms with van der Waals surface area (Å²) in [6, 6.07) is 4.38. The molecule has 2 bridgehead atoms. The molecule has 114 valence electrons. The Morgan fingerprint density at radius 2 is 1.82 bits per heavy atom. The number of hydrogen-bond acceptors (Lipinski definition) is 3. The summed E-state index contributed by atoms with van der Waals surface area (Å²) in [6.07, 6.45) is 1.92. The normalized spacial score (nSPS) is 33.5. The van der Waals surface area contributed by atoms with Gasteiger partial charge in [-0.2, -0.15) is 0 Å². The highest BCUT2D eigenvalue weighted by Gasteiger charge is 2.60. The molecule has 4 nitrogen and oxygen atoms in total. The Morgan fingerprint density at radius 3 is 2.50 bits per heavy atom. The number of rotatable bonds is 1. The highest BCUT2D eigenvalue weighted by Crippen LogP contribution is 2.52. The maximum absolute atomic E-state index is 13.8. The van der Waals surface area contributed by atoms with E-state index in [4.69, 9.17) is 0 Å². The average Bonchev–Trinajstić information content (AvgIpc) is 2.76. The van der Waals surface area contributed by atoms with Crippen LogP contribution in [-0.4, -0.2) is 17.6 Å². The van der Waals surface area contributed by atoms with Crippen LogP contribution in [0.2, 0.25) is 0 Å². The minimum atomic E-state index is -0.531. The maximum Gasteiger partial charge on any atom is 0.238 e. The lowest BCUT2D eigenvalue weighted by Crippen LogP contribution is -2.46. The van der Waals surface area contributed by atoms with Crippen molar-refractivity contribution in [3.05, 3.63) is 29.6 Å². The number of hydrogen-bond donors (Lipinski definition) is 0. The summed E-state index contributed by atoms with van der Waals surface area (Å²) in [6.45, 7) is 1.63. The average molecular weight is 301 g/mol. The third-order valence-electron chi connectivity index (χ3n) is 5.48. The largest absolute Gasteiger partial charge is 0.299 e. The number of ketones is 1. The second kappa shape index (κ2) is 4.48. The van der Waals surface area contributed by atoms with Crippen LogP contribution < -0.4 is 4.90 Å². The van der Waals surface area contributed by atoms with Crippen molar-refractivity contribution in [2.45, 2.75) is 26.2 Å². The van der Waals surface area contributed by atoms with Crippen LogP contribution in [0.3, 0.4) is 0 Å². The fourth-order valence-corrected chi connectivity index (χ4v) is 4.36. The van der Waals surface area contributed by atoms with E-state index in [1.165, 1.54) is 6.07 Å². The summed E-state index contributed by atoms with van der Waals surface area (Å²) in [5.74, 6) is -2.21. The number of nitrogens with zero attached hydrogens (tertiary/aromatic N) is 1. The number of aryl methyl sites for hydroxylation is 1. The molecular weight excluding hydrogens is 285 g/mol. The van der Waals surface area contributed by atoms with Crippen molar-refractivity contribution < 1.29 is 18.8 Å². The highest BCUT2D eigenvalue weighted by molar-refractivity contribution is 6.23. The predicted molar refractivity (Wildman–Crippen MR) is 76.4 cm³/mol. The Labute approximate surface area is 127 Å². The molecule has 0 radical (unpaired) electrons. The molecule has 0 N–H and O–H groups in total. The van der Waals surface area contributed by atoms with Gasteiger partial charge in [-0.05, 0) is 43.4 Å². The van der Waals surface area contributed by atoms with Crippen LogP contribution in [0, 0.1) is 36.4 Å². The quantitative estimate of drug-likeness (QED) is 0.748. The van der Waals surface area contributed by atoms with Gasteiger partial charge in [-0.25, -0.2) is 9.29 Å². The first kappa shape index (κ1) is 13.6. The molecule has 3 saturated carbocycles. The zero-order chi connectivity index (χ0) is 15.6. The minimum absolute atomic E-state index is 0.0285. The third-order valence-corrected chi connectivity index (χ3v) is 5.48. The number of imide groups is 1. The van der Waals surface area contributed by atoms with Gasteiger partial charge in [-0.3, -0.25) is 14.4 Å². The molecule has 5 heteroatoms. The van der Waals surface area contributed by atoms with Gasteiger partial charge in [-0.15, -0.1) is 0 Å². The molecule has 2 unspecified atom stereocenters. The van der Waals surface area contributed by atoms with E-state index in [0.29, 0.717) is 18.4 Å². The number of halogens is 1. The fourth-order valence-electron chi connectivity index (χ4n) is 4.36. The zero-order valence-corrected chi connectivity index (χ0v) is 12.2. The summed E-state index contributed by atoms with van der Waals surface area (Å²) in [4.78, 5) is 38.6. The first-order valence-corrected chi connectivity index (χ1v) is 7.65. The van der Waals surface area contributed by atoms with Gasteiger partial charge >= 0.3 is 0 Å². The molecule has 1 saturated heterocycles. The van der Waals surface area contributed by atoms with Gasteiger partial charge in [0.25, 0.3) is 0 Å². The first-order valence-electron chi connectivity index (χ1n) is 7.65. The number of Topliss-reactive ketones (excluding diaryl/α,β-unsaturated/α-hetero) is 1. The van der Waals surface area contributed by atoms with Gasteiger partial charge in [0.15, 0.2) is 0 Å². The smallest absolute Gasteiger partial charge is 0.238 e. The van der Waals surface area contributed by atoms with Crippen LogP contribution in [-0.2, 0) is 14.4 Å². The second-order valence-corrected chi connectivity index (χ2v) is 6.61. The lowest BCUT2D eigenvalue weighted by atomic mass is 9.59. The summed E-state index contributed by atoms with van der Waals surface area (Å²) < 4.78 is 13.8. The number of amides is 2. The van der Waals surface area contributed by atoms with Crippen molar-refractivity contribution in [2.75, 3.05) is 4.90 Å². The number of carbonyl (C=O) groups is 3. The van der Waals surface area contributed by atoms with Crippen LogP contribution in [0.4, 0.5) is 10.1 Å². The zero-order valence-electron chi connectivity index (χ0n) is 12.2. The number of carbonyl (C=O) groups excluding carboxylic acids is 3. The van der Waals surface area contributed by atoms with E-state index in [1.54, 1.807) is 19.1 Å². The topological polar surface area (TPSA) is 54.5 Å². The number of anilines is 1. The lowest BCUT2D eigenvalue weighted by molar-refractivity contribution is -0.143. The first-order chi connectivity index (χ1) is 10.5. The molecule has 4 aliphatic rings. The van der Waals surface area contributed by atoms with Crippen molar-refractivity contribution in [3.8, 4) is 0 Å². The predicted octanol–water partition coefficient (Wildman–Crippen LogP) is 2.24. The van der Waals surface area contributed by atoms with E-state index in [-0.39, 0.29) is 35.1 Å². The molecular formula is C17H16FNO3. The van der Waals surface area contributed by atoms with Crippen molar-refractivity contribution in [2.24, 2.45) is 23.7 Å². The van der Waals surface area contributed by atoms with Gasteiger partial charge in [0, 0.05) is 12.3 Å². The molecule has 1 aromatic rings. The van der Waals surface area contributed by atoms with E-state index in [2.05, 4.69) is 0 Å². The Balaban J connectivity index is 1.77. The molecule has 4 fully saturated rings. The Kier molecular flexibility index (Phi) is 2.77. The van der Waals surface area contributed by atoms with Crippen LogP contribution >= 0.6 is 0 Å². The number of fused-ring (bicyclic) bond motifs is 2. The van der Waals surface area contributed by atoms with Gasteiger partial charge in [-0.1, -0.05) is 6.07 Å². The fraction of sp³-hybridized carbons (Fsp3) is 0.471. The number of benzene rings is 1. The molecule has 1 aromatic carbocycles. The monoisotopic (exact) mass is 301 g/mol. The molecule has 4 atom stereocenters. The molecule has 3 aliphatic carbocycles. The lowest BCUT2D eigenvalue weighted by Gasteiger charge is -2.41. The summed E-state index contributed by atoms with van der Waals surface area (Å²) in [5, 5.41) is 0. The van der Waals surface area contributed by atoms with E-state index in [9.17, 15) is 18.8 Å². The SMILES string of the molecule is Cc1ccc(N2C(=O)[C@@H]3C4CCC(CC4=O)[C@@H]3C2=O)cc1F. The molecule has 1 aliphatic heterocycles. The van der Waals surface area contributed by atoms with Crippen molar-refractivity contribution in [3.63, 3.8) is 0 Å². The second-order valence-electron chi connectivity index (χ2n) is 6.61. The van der Waals surface area contributed by atoms with Gasteiger partial charge in [0.05, 0.1) is 17.5 Å². The Hall–Kier alpha value is -2.04. The van der Waals surface area contributed by atoms with Crippen LogP contribution in [0.25, 0.3) is 0 Å². The summed E-state index contributed by atoms with van der Waals surface area (Å²) in [5.41, 5.74) is 0.745. The van der Waals surface area contributed by atoms with E-state index >= 15 is 0 Å². The van der Waals surface area contributed by atoms with Crippen molar-refractivity contribution in [1.82, 2.24) is 0 Å². The summed E-state index contributed by atoms with van der Waals surface area (Å²) in [7, 11) is 0. The Bertz CT molecular complexity index is 714. The van der Waals surface area contributed by atoms with E-state index in [1.807, 2.05) is 0 Å². The molecule has 0 spiro atoms. The van der Waals surface area contributed by atoms with Crippen LogP contribution in [0.1, 0.15) is 24.8 Å². The van der Waals surface area contributed by atoms with Gasteiger partial charge < -0.3 is 0 Å². The van der Waals surface area contributed by atoms with E-state index < -0.39 is 17.7 Å². The van der Waals surface area contributed by atoms with Gasteiger partial charge in [0.2, 0.25) is 11.8 Å². The van der Waals surface area contributed by atoms with Crippen molar-refractivity contribution in [1.29, 1.82) is 0 Å². The van der Waals surface area contributed by atoms with Crippen LogP contribution in [0.15, 0.2) is 18.2 Å². The highest BCUT2D eigenvalue weighted by atomic mass is 19.1.